The van der Waals surface area contributed by atoms with Gasteiger partial charge in [0.25, 0.3) is 0 Å². The van der Waals surface area contributed by atoms with E-state index in [1.54, 1.807) is 16.7 Å². The zero-order valence-corrected chi connectivity index (χ0v) is 17.9. The smallest absolute Gasteiger partial charge is 0.494 e. The molecule has 0 bridgehead atoms. The van der Waals surface area contributed by atoms with Crippen LogP contribution >= 0.6 is 0 Å². The van der Waals surface area contributed by atoms with Gasteiger partial charge in [0.05, 0.1) is 6.54 Å². The van der Waals surface area contributed by atoms with Crippen LogP contribution < -0.4 is 10.1 Å². The lowest BCUT2D eigenvalue weighted by atomic mass is 10.00. The molecule has 1 saturated heterocycles. The zero-order valence-electron chi connectivity index (χ0n) is 17.9. The third-order valence-corrected chi connectivity index (χ3v) is 5.83. The molecule has 0 saturated carbocycles. The van der Waals surface area contributed by atoms with Crippen molar-refractivity contribution in [3.63, 3.8) is 0 Å². The maximum atomic E-state index is 12.3. The molecule has 2 aromatic carbocycles. The number of nitrogens with zero attached hydrogens (tertiary/aromatic N) is 1. The molecule has 2 N–H and O–H groups in total. The molecule has 172 valence electrons. The number of halogens is 3. The second-order valence-electron chi connectivity index (χ2n) is 8.34. The zero-order chi connectivity index (χ0) is 22.7. The number of fused-ring (bicyclic) bond motifs is 1. The van der Waals surface area contributed by atoms with Crippen LogP contribution in [0.15, 0.2) is 42.6 Å². The van der Waals surface area contributed by atoms with E-state index in [4.69, 9.17) is 4.74 Å². The monoisotopic (exact) mass is 448 g/mol. The van der Waals surface area contributed by atoms with Crippen LogP contribution in [0.3, 0.4) is 0 Å². The minimum absolute atomic E-state index is 0.148. The van der Waals surface area contributed by atoms with Crippen LogP contribution in [0.4, 0.5) is 13.2 Å². The molecule has 4 rings (SSSR count). The van der Waals surface area contributed by atoms with E-state index in [2.05, 4.69) is 22.2 Å². The van der Waals surface area contributed by atoms with Gasteiger partial charge in [-0.1, -0.05) is 18.2 Å². The van der Waals surface area contributed by atoms with Gasteiger partial charge in [0.15, 0.2) is 5.88 Å². The predicted octanol–water partition coefficient (Wildman–Crippen LogP) is 5.12. The second-order valence-corrected chi connectivity index (χ2v) is 8.34. The van der Waals surface area contributed by atoms with Crippen molar-refractivity contribution in [2.45, 2.75) is 39.2 Å². The van der Waals surface area contributed by atoms with Crippen LogP contribution in [0.1, 0.15) is 29.5 Å². The molecule has 32 heavy (non-hydrogen) atoms. The van der Waals surface area contributed by atoms with Crippen molar-refractivity contribution in [2.75, 3.05) is 19.8 Å². The highest BCUT2D eigenvalue weighted by atomic mass is 19.4. The van der Waals surface area contributed by atoms with Gasteiger partial charge in [-0.05, 0) is 67.1 Å². The van der Waals surface area contributed by atoms with Crippen LogP contribution in [0, 0.1) is 12.8 Å². The molecule has 0 spiro atoms. The van der Waals surface area contributed by atoms with Crippen molar-refractivity contribution in [1.82, 2.24) is 9.88 Å². The Balaban J connectivity index is 1.45. The summed E-state index contributed by atoms with van der Waals surface area (Å²) in [5.41, 5.74) is 2.88. The van der Waals surface area contributed by atoms with Gasteiger partial charge >= 0.3 is 6.36 Å². The predicted molar refractivity (Wildman–Crippen MR) is 116 cm³/mol. The Hall–Kier alpha value is -2.71. The number of hydrogen-bond acceptors (Lipinski definition) is 4. The van der Waals surface area contributed by atoms with Crippen molar-refractivity contribution >= 4 is 10.8 Å². The fraction of sp³-hybridized carbons (Fsp3) is 0.417. The molecule has 8 heteroatoms. The van der Waals surface area contributed by atoms with E-state index in [0.29, 0.717) is 12.5 Å². The first-order valence-corrected chi connectivity index (χ1v) is 10.7. The van der Waals surface area contributed by atoms with E-state index < -0.39 is 6.36 Å². The fourth-order valence-corrected chi connectivity index (χ4v) is 4.26. The molecule has 1 aromatic heterocycles. The highest BCUT2D eigenvalue weighted by Crippen LogP contribution is 2.32. The third kappa shape index (κ3) is 5.55. The number of alkyl halides is 3. The van der Waals surface area contributed by atoms with Crippen molar-refractivity contribution in [2.24, 2.45) is 5.92 Å². The SMILES string of the molecule is Cc1cc(CNCC2CCOCC2)cc2cn(Cc3ccc(OC(F)(F)F)cc3)c(O)c12. The summed E-state index contributed by atoms with van der Waals surface area (Å²) in [5.74, 6) is 0.526. The molecule has 1 fully saturated rings. The van der Waals surface area contributed by atoms with Crippen LogP contribution in [-0.4, -0.2) is 35.8 Å². The van der Waals surface area contributed by atoms with E-state index in [1.807, 2.05) is 13.1 Å². The molecule has 1 aliphatic rings. The summed E-state index contributed by atoms with van der Waals surface area (Å²) in [5, 5.41) is 16.0. The number of aromatic nitrogens is 1. The lowest BCUT2D eigenvalue weighted by molar-refractivity contribution is -0.274. The molecule has 5 nitrogen and oxygen atoms in total. The van der Waals surface area contributed by atoms with Crippen LogP contribution in [0.25, 0.3) is 10.8 Å². The van der Waals surface area contributed by atoms with Crippen molar-refractivity contribution in [3.8, 4) is 11.6 Å². The normalized spacial score (nSPS) is 15.4. The van der Waals surface area contributed by atoms with Gasteiger partial charge in [-0.15, -0.1) is 13.2 Å². The molecular weight excluding hydrogens is 421 g/mol. The number of benzene rings is 2. The third-order valence-electron chi connectivity index (χ3n) is 5.83. The van der Waals surface area contributed by atoms with Gasteiger partial charge in [0.1, 0.15) is 5.75 Å². The summed E-state index contributed by atoms with van der Waals surface area (Å²) < 4.78 is 48.0. The summed E-state index contributed by atoms with van der Waals surface area (Å²) in [6, 6.07) is 9.81. The van der Waals surface area contributed by atoms with Gasteiger partial charge in [0, 0.05) is 36.7 Å². The number of aromatic hydroxyl groups is 1. The Kier molecular flexibility index (Phi) is 6.62. The Bertz CT molecular complexity index is 1060. The summed E-state index contributed by atoms with van der Waals surface area (Å²) in [6.07, 6.45) is -0.664. The van der Waals surface area contributed by atoms with Crippen molar-refractivity contribution in [3.05, 3.63) is 59.3 Å². The van der Waals surface area contributed by atoms with Crippen LogP contribution in [-0.2, 0) is 17.8 Å². The van der Waals surface area contributed by atoms with Crippen LogP contribution in [0.2, 0.25) is 0 Å². The standard InChI is InChI=1S/C24H27F3N2O3/c1-16-10-19(13-28-12-17-6-8-31-9-7-17)11-20-15-29(23(30)22(16)20)14-18-2-4-21(5-3-18)32-24(25,26)27/h2-5,10-11,15,17,28,30H,6-9,12-14H2,1H3. The molecule has 0 aliphatic carbocycles. The van der Waals surface area contributed by atoms with Gasteiger partial charge in [-0.3, -0.25) is 0 Å². The van der Waals surface area contributed by atoms with Crippen molar-refractivity contribution in [1.29, 1.82) is 0 Å². The second kappa shape index (κ2) is 9.42. The fourth-order valence-electron chi connectivity index (χ4n) is 4.26. The first-order valence-electron chi connectivity index (χ1n) is 10.7. The van der Waals surface area contributed by atoms with E-state index in [0.717, 1.165) is 66.6 Å². The quantitative estimate of drug-likeness (QED) is 0.527. The minimum atomic E-state index is -4.72. The van der Waals surface area contributed by atoms with Gasteiger partial charge in [-0.2, -0.15) is 0 Å². The van der Waals surface area contributed by atoms with E-state index in [9.17, 15) is 18.3 Å². The summed E-state index contributed by atoms with van der Waals surface area (Å²) >= 11 is 0. The lowest BCUT2D eigenvalue weighted by Crippen LogP contribution is -2.27. The highest BCUT2D eigenvalue weighted by Gasteiger charge is 2.31. The molecule has 2 heterocycles. The highest BCUT2D eigenvalue weighted by molar-refractivity contribution is 5.91. The van der Waals surface area contributed by atoms with Crippen LogP contribution in [0.5, 0.6) is 11.6 Å². The molecule has 0 unspecified atom stereocenters. The average Bonchev–Trinajstić information content (AvgIpc) is 3.05. The molecule has 1 aliphatic heterocycles. The summed E-state index contributed by atoms with van der Waals surface area (Å²) in [6.45, 7) is 5.69. The Morgan fingerprint density at radius 2 is 1.84 bits per heavy atom. The molecule has 0 radical (unpaired) electrons. The minimum Gasteiger partial charge on any atom is -0.494 e. The number of nitrogens with one attached hydrogen (secondary N) is 1. The number of aryl methyl sites for hydroxylation is 1. The Morgan fingerprint density at radius 3 is 2.53 bits per heavy atom. The Labute approximate surface area is 184 Å². The number of ether oxygens (including phenoxy) is 2. The number of hydrogen-bond donors (Lipinski definition) is 2. The van der Waals surface area contributed by atoms with Crippen molar-refractivity contribution < 1.29 is 27.8 Å². The van der Waals surface area contributed by atoms with Gasteiger partial charge in [0.2, 0.25) is 0 Å². The topological polar surface area (TPSA) is 55.7 Å². The largest absolute Gasteiger partial charge is 0.573 e. The maximum Gasteiger partial charge on any atom is 0.573 e. The molecular formula is C24H27F3N2O3. The molecule has 0 amide bonds. The maximum absolute atomic E-state index is 12.3. The summed E-state index contributed by atoms with van der Waals surface area (Å²) in [4.78, 5) is 0. The summed E-state index contributed by atoms with van der Waals surface area (Å²) in [7, 11) is 0. The van der Waals surface area contributed by atoms with Gasteiger partial charge in [-0.25, -0.2) is 0 Å². The number of rotatable bonds is 7. The Morgan fingerprint density at radius 1 is 1.12 bits per heavy atom. The molecule has 0 atom stereocenters. The lowest BCUT2D eigenvalue weighted by Gasteiger charge is -2.22. The van der Waals surface area contributed by atoms with Gasteiger partial charge < -0.3 is 24.5 Å². The first kappa shape index (κ1) is 22.5. The average molecular weight is 448 g/mol. The van der Waals surface area contributed by atoms with E-state index in [-0.39, 0.29) is 11.6 Å². The van der Waals surface area contributed by atoms with E-state index in [1.165, 1.54) is 12.1 Å². The first-order chi connectivity index (χ1) is 15.3. The molecule has 3 aromatic rings. The van der Waals surface area contributed by atoms with E-state index >= 15 is 0 Å².